The Hall–Kier alpha value is -2.60. The highest BCUT2D eigenvalue weighted by Gasteiger charge is 2.36. The zero-order chi connectivity index (χ0) is 20.9. The number of aryl methyl sites for hydroxylation is 2. The molecule has 2 heterocycles. The van der Waals surface area contributed by atoms with Crippen molar-refractivity contribution in [3.05, 3.63) is 40.2 Å². The molecule has 0 aliphatic heterocycles. The summed E-state index contributed by atoms with van der Waals surface area (Å²) in [6.45, 7) is 2.97. The molecule has 3 aromatic rings. The van der Waals surface area contributed by atoms with Gasteiger partial charge in [-0.05, 0) is 31.5 Å². The molecule has 1 aromatic carbocycles. The van der Waals surface area contributed by atoms with Crippen molar-refractivity contribution in [2.75, 3.05) is 11.8 Å². The summed E-state index contributed by atoms with van der Waals surface area (Å²) in [5.74, 6) is -0.386. The number of sulfonamides is 1. The van der Waals surface area contributed by atoms with E-state index in [4.69, 9.17) is 16.3 Å². The van der Waals surface area contributed by atoms with Gasteiger partial charge in [-0.3, -0.25) is 4.72 Å². The lowest BCUT2D eigenvalue weighted by Gasteiger charge is -2.13. The van der Waals surface area contributed by atoms with E-state index in [1.165, 1.54) is 20.1 Å². The molecule has 2 aromatic heterocycles. The van der Waals surface area contributed by atoms with Gasteiger partial charge in [0.1, 0.15) is 11.4 Å². The number of aromatic nitrogens is 4. The van der Waals surface area contributed by atoms with Crippen molar-refractivity contribution in [2.45, 2.75) is 25.2 Å². The molecule has 0 atom stereocenters. The Balaban J connectivity index is 2.14. The van der Waals surface area contributed by atoms with Crippen molar-refractivity contribution in [1.29, 1.82) is 0 Å². The van der Waals surface area contributed by atoms with Crippen LogP contribution in [0, 0.1) is 13.8 Å². The third-order valence-corrected chi connectivity index (χ3v) is 5.32. The molecule has 0 aliphatic rings. The fraction of sp³-hybridized carbons (Fsp3) is 0.267. The number of nitrogens with one attached hydrogen (secondary N) is 1. The normalized spacial score (nSPS) is 12.4. The first-order chi connectivity index (χ1) is 12.9. The van der Waals surface area contributed by atoms with E-state index in [0.29, 0.717) is 10.1 Å². The highest BCUT2D eigenvalue weighted by Crippen LogP contribution is 2.36. The maximum atomic E-state index is 13.2. The lowest BCUT2D eigenvalue weighted by Crippen LogP contribution is -2.17. The average molecular weight is 436 g/mol. The Morgan fingerprint density at radius 1 is 1.21 bits per heavy atom. The maximum Gasteiger partial charge on any atom is 0.433 e. The van der Waals surface area contributed by atoms with Gasteiger partial charge in [0.05, 0.1) is 12.1 Å². The summed E-state index contributed by atoms with van der Waals surface area (Å²) in [5, 5.41) is 2.66. The topological polar surface area (TPSA) is 98.5 Å². The molecule has 0 radical (unpaired) electrons. The van der Waals surface area contributed by atoms with Crippen molar-refractivity contribution in [1.82, 2.24) is 19.6 Å². The number of hydrogen-bond acceptors (Lipinski definition) is 6. The fourth-order valence-corrected chi connectivity index (χ4v) is 3.61. The van der Waals surface area contributed by atoms with Crippen molar-refractivity contribution >= 4 is 33.1 Å². The number of rotatable bonds is 4. The summed E-state index contributed by atoms with van der Waals surface area (Å²) in [4.78, 5) is 7.43. The molecular formula is C15H13ClF3N5O3S. The van der Waals surface area contributed by atoms with Crippen LogP contribution in [0.5, 0.6) is 5.75 Å². The van der Waals surface area contributed by atoms with Crippen molar-refractivity contribution < 1.29 is 26.3 Å². The summed E-state index contributed by atoms with van der Waals surface area (Å²) < 4.78 is 72.6. The number of alkyl halides is 3. The van der Waals surface area contributed by atoms with Gasteiger partial charge in [-0.2, -0.15) is 31.1 Å². The molecule has 1 N–H and O–H groups in total. The lowest BCUT2D eigenvalue weighted by molar-refractivity contribution is -0.142. The molecule has 28 heavy (non-hydrogen) atoms. The van der Waals surface area contributed by atoms with Gasteiger partial charge in [-0.1, -0.05) is 17.7 Å². The van der Waals surface area contributed by atoms with E-state index in [1.807, 2.05) is 0 Å². The van der Waals surface area contributed by atoms with Crippen LogP contribution in [0.1, 0.15) is 17.0 Å². The van der Waals surface area contributed by atoms with E-state index < -0.39 is 32.8 Å². The van der Waals surface area contributed by atoms with Crippen LogP contribution in [0.15, 0.2) is 23.4 Å². The van der Waals surface area contributed by atoms with Crippen LogP contribution in [-0.4, -0.2) is 35.1 Å². The van der Waals surface area contributed by atoms with Crippen LogP contribution in [0.2, 0.25) is 5.02 Å². The summed E-state index contributed by atoms with van der Waals surface area (Å²) >= 11 is 6.14. The molecule has 3 rings (SSSR count). The Kier molecular flexibility index (Phi) is 4.88. The Morgan fingerprint density at radius 3 is 2.50 bits per heavy atom. The van der Waals surface area contributed by atoms with Crippen molar-refractivity contribution in [3.63, 3.8) is 0 Å². The second-order valence-corrected chi connectivity index (χ2v) is 7.72. The average Bonchev–Trinajstić information content (AvgIpc) is 3.02. The number of halogens is 4. The summed E-state index contributed by atoms with van der Waals surface area (Å²) in [7, 11) is -3.18. The standard InChI is InChI=1S/C15H13ClF3N5O3S/c1-7-4-5-9(27-3)12(11(7)16)23-28(25,26)14-21-13-20-8(2)6-10(15(17,18)19)24(13)22-14/h4-6,23H,1-3H3. The van der Waals surface area contributed by atoms with Crippen molar-refractivity contribution in [2.24, 2.45) is 0 Å². The summed E-state index contributed by atoms with van der Waals surface area (Å²) in [6, 6.07) is 3.85. The third-order valence-electron chi connectivity index (χ3n) is 3.70. The number of hydrogen-bond donors (Lipinski definition) is 1. The predicted octanol–water partition coefficient (Wildman–Crippen LogP) is 3.22. The zero-order valence-corrected chi connectivity index (χ0v) is 16.2. The Labute approximate surface area is 162 Å². The molecule has 0 amide bonds. The number of anilines is 1. The smallest absolute Gasteiger partial charge is 0.433 e. The van der Waals surface area contributed by atoms with Crippen LogP contribution in [0.3, 0.4) is 0 Å². The minimum absolute atomic E-state index is 0.00697. The quantitative estimate of drug-likeness (QED) is 0.675. The first-order valence-corrected chi connectivity index (χ1v) is 9.47. The fourth-order valence-electron chi connectivity index (χ4n) is 2.39. The number of ether oxygens (including phenoxy) is 1. The Bertz CT molecular complexity index is 1180. The highest BCUT2D eigenvalue weighted by atomic mass is 35.5. The van der Waals surface area contributed by atoms with Gasteiger partial charge in [0.2, 0.25) is 0 Å². The number of benzene rings is 1. The number of nitrogens with zero attached hydrogens (tertiary/aromatic N) is 4. The van der Waals surface area contributed by atoms with E-state index in [-0.39, 0.29) is 22.2 Å². The van der Waals surface area contributed by atoms with Gasteiger partial charge in [-0.15, -0.1) is 5.10 Å². The third kappa shape index (κ3) is 3.56. The van der Waals surface area contributed by atoms with Crippen LogP contribution in [0.25, 0.3) is 5.78 Å². The van der Waals surface area contributed by atoms with E-state index in [1.54, 1.807) is 13.0 Å². The Morgan fingerprint density at radius 2 is 1.89 bits per heavy atom. The minimum atomic E-state index is -4.78. The lowest BCUT2D eigenvalue weighted by atomic mass is 10.2. The molecule has 0 bridgehead atoms. The van der Waals surface area contributed by atoms with E-state index in [0.717, 1.165) is 6.07 Å². The number of fused-ring (bicyclic) bond motifs is 1. The molecule has 0 fully saturated rings. The summed E-state index contributed by atoms with van der Waals surface area (Å²) in [6.07, 6.45) is -4.78. The van der Waals surface area contributed by atoms with E-state index >= 15 is 0 Å². The van der Waals surface area contributed by atoms with E-state index in [9.17, 15) is 21.6 Å². The van der Waals surface area contributed by atoms with Gasteiger partial charge in [-0.25, -0.2) is 4.98 Å². The molecular weight excluding hydrogens is 423 g/mol. The molecule has 8 nitrogen and oxygen atoms in total. The minimum Gasteiger partial charge on any atom is -0.495 e. The van der Waals surface area contributed by atoms with Crippen LogP contribution < -0.4 is 9.46 Å². The second kappa shape index (κ2) is 6.78. The van der Waals surface area contributed by atoms with Crippen LogP contribution in [0.4, 0.5) is 18.9 Å². The molecule has 0 unspecified atom stereocenters. The zero-order valence-electron chi connectivity index (χ0n) is 14.7. The maximum absolute atomic E-state index is 13.2. The van der Waals surface area contributed by atoms with Crippen LogP contribution in [-0.2, 0) is 16.2 Å². The molecule has 0 saturated heterocycles. The molecule has 13 heteroatoms. The first kappa shape index (κ1) is 20.1. The SMILES string of the molecule is COc1ccc(C)c(Cl)c1NS(=O)(=O)c1nc2nc(C)cc(C(F)(F)F)n2n1. The van der Waals surface area contributed by atoms with Gasteiger partial charge in [0.15, 0.2) is 5.69 Å². The second-order valence-electron chi connectivity index (χ2n) is 5.77. The van der Waals surface area contributed by atoms with Gasteiger partial charge >= 0.3 is 6.18 Å². The van der Waals surface area contributed by atoms with Crippen LogP contribution >= 0.6 is 11.6 Å². The first-order valence-electron chi connectivity index (χ1n) is 7.61. The van der Waals surface area contributed by atoms with Gasteiger partial charge in [0, 0.05) is 5.69 Å². The predicted molar refractivity (Wildman–Crippen MR) is 94.1 cm³/mol. The molecule has 0 spiro atoms. The molecule has 150 valence electrons. The largest absolute Gasteiger partial charge is 0.495 e. The molecule has 0 aliphatic carbocycles. The highest BCUT2D eigenvalue weighted by molar-refractivity contribution is 7.92. The number of methoxy groups -OCH3 is 1. The summed E-state index contributed by atoms with van der Waals surface area (Å²) in [5.41, 5.74) is -0.717. The van der Waals surface area contributed by atoms with E-state index in [2.05, 4.69) is 19.8 Å². The van der Waals surface area contributed by atoms with Gasteiger partial charge in [0.25, 0.3) is 21.0 Å². The van der Waals surface area contributed by atoms with Gasteiger partial charge < -0.3 is 4.74 Å². The molecule has 0 saturated carbocycles. The van der Waals surface area contributed by atoms with Crippen molar-refractivity contribution in [3.8, 4) is 5.75 Å². The monoisotopic (exact) mass is 435 g/mol.